The van der Waals surface area contributed by atoms with Crippen molar-refractivity contribution in [3.8, 4) is 5.75 Å². The van der Waals surface area contributed by atoms with E-state index in [1.54, 1.807) is 19.2 Å². The van der Waals surface area contributed by atoms with E-state index in [4.69, 9.17) is 4.74 Å². The summed E-state index contributed by atoms with van der Waals surface area (Å²) in [4.78, 5) is 0.418. The Morgan fingerprint density at radius 3 is 2.76 bits per heavy atom. The number of halogens is 1. The standard InChI is InChI=1S/C15H14BrNO3S/c1-20-10-6-7-12(16)13(8-10)17-14-9-21(18,19)15-5-3-2-4-11(14)15/h2-8,14,17H,9H2,1H3. The molecule has 0 aliphatic carbocycles. The maximum atomic E-state index is 12.2. The second kappa shape index (κ2) is 5.35. The molecule has 2 aromatic rings. The van der Waals surface area contributed by atoms with Crippen molar-refractivity contribution in [2.45, 2.75) is 10.9 Å². The Labute approximate surface area is 132 Å². The molecule has 21 heavy (non-hydrogen) atoms. The minimum Gasteiger partial charge on any atom is -0.497 e. The van der Waals surface area contributed by atoms with Crippen molar-refractivity contribution >= 4 is 31.5 Å². The number of benzene rings is 2. The van der Waals surface area contributed by atoms with Crippen molar-refractivity contribution in [2.75, 3.05) is 18.2 Å². The average Bonchev–Trinajstić information content (AvgIpc) is 2.73. The summed E-state index contributed by atoms with van der Waals surface area (Å²) in [7, 11) is -1.61. The van der Waals surface area contributed by atoms with Gasteiger partial charge in [-0.15, -0.1) is 0 Å². The zero-order valence-electron chi connectivity index (χ0n) is 11.3. The largest absolute Gasteiger partial charge is 0.497 e. The van der Waals surface area contributed by atoms with Gasteiger partial charge in [-0.1, -0.05) is 18.2 Å². The van der Waals surface area contributed by atoms with Gasteiger partial charge in [-0.3, -0.25) is 0 Å². The summed E-state index contributed by atoms with van der Waals surface area (Å²) in [5, 5.41) is 3.29. The quantitative estimate of drug-likeness (QED) is 0.902. The van der Waals surface area contributed by atoms with Gasteiger partial charge in [0.05, 0.1) is 29.5 Å². The molecule has 0 fully saturated rings. The van der Waals surface area contributed by atoms with E-state index in [1.165, 1.54) is 0 Å². The SMILES string of the molecule is COc1ccc(Br)c(NC2CS(=O)(=O)c3ccccc32)c1. The second-order valence-corrected chi connectivity index (χ2v) is 7.72. The lowest BCUT2D eigenvalue weighted by atomic mass is 10.1. The molecule has 0 bridgehead atoms. The van der Waals surface area contributed by atoms with Gasteiger partial charge >= 0.3 is 0 Å². The minimum absolute atomic E-state index is 0.0655. The molecule has 0 saturated carbocycles. The summed E-state index contributed by atoms with van der Waals surface area (Å²) in [6, 6.07) is 12.4. The Balaban J connectivity index is 1.97. The van der Waals surface area contributed by atoms with Crippen molar-refractivity contribution in [1.29, 1.82) is 0 Å². The van der Waals surface area contributed by atoms with Gasteiger partial charge in [-0.05, 0) is 39.7 Å². The number of fused-ring (bicyclic) bond motifs is 1. The van der Waals surface area contributed by atoms with Crippen LogP contribution in [-0.4, -0.2) is 21.3 Å². The first kappa shape index (κ1) is 14.4. The summed E-state index contributed by atoms with van der Waals surface area (Å²) < 4.78 is 30.4. The van der Waals surface area contributed by atoms with E-state index in [2.05, 4.69) is 21.2 Å². The molecule has 0 aromatic heterocycles. The fraction of sp³-hybridized carbons (Fsp3) is 0.200. The van der Waals surface area contributed by atoms with E-state index >= 15 is 0 Å². The highest BCUT2D eigenvalue weighted by molar-refractivity contribution is 9.10. The number of sulfone groups is 1. The number of hydrogen-bond acceptors (Lipinski definition) is 4. The fourth-order valence-electron chi connectivity index (χ4n) is 2.50. The monoisotopic (exact) mass is 367 g/mol. The van der Waals surface area contributed by atoms with Crippen molar-refractivity contribution in [3.63, 3.8) is 0 Å². The molecule has 6 heteroatoms. The van der Waals surface area contributed by atoms with Gasteiger partial charge in [-0.25, -0.2) is 8.42 Å². The van der Waals surface area contributed by atoms with Crippen LogP contribution in [0.15, 0.2) is 51.8 Å². The van der Waals surface area contributed by atoms with Gasteiger partial charge < -0.3 is 10.1 Å². The molecule has 4 nitrogen and oxygen atoms in total. The van der Waals surface area contributed by atoms with Crippen molar-refractivity contribution in [2.24, 2.45) is 0 Å². The van der Waals surface area contributed by atoms with Crippen LogP contribution in [0.2, 0.25) is 0 Å². The van der Waals surface area contributed by atoms with Gasteiger partial charge in [0.25, 0.3) is 0 Å². The van der Waals surface area contributed by atoms with Gasteiger partial charge in [0.2, 0.25) is 0 Å². The van der Waals surface area contributed by atoms with Crippen molar-refractivity contribution in [3.05, 3.63) is 52.5 Å². The molecule has 1 aliphatic rings. The molecule has 0 saturated heterocycles. The summed E-state index contributed by atoms with van der Waals surface area (Å²) >= 11 is 3.47. The summed E-state index contributed by atoms with van der Waals surface area (Å²) in [6.45, 7) is 0. The Morgan fingerprint density at radius 1 is 1.24 bits per heavy atom. The van der Waals surface area contributed by atoms with Crippen LogP contribution in [0.5, 0.6) is 5.75 Å². The van der Waals surface area contributed by atoms with Crippen molar-refractivity contribution < 1.29 is 13.2 Å². The zero-order valence-corrected chi connectivity index (χ0v) is 13.7. The summed E-state index contributed by atoms with van der Waals surface area (Å²) in [5.41, 5.74) is 1.62. The molecule has 3 rings (SSSR count). The number of nitrogens with one attached hydrogen (secondary N) is 1. The molecule has 1 atom stereocenters. The maximum Gasteiger partial charge on any atom is 0.181 e. The fourth-order valence-corrected chi connectivity index (χ4v) is 4.60. The van der Waals surface area contributed by atoms with E-state index in [0.717, 1.165) is 21.5 Å². The number of ether oxygens (including phenoxy) is 1. The van der Waals surface area contributed by atoms with Gasteiger partial charge in [0.15, 0.2) is 9.84 Å². The van der Waals surface area contributed by atoms with Gasteiger partial charge in [0.1, 0.15) is 5.75 Å². The predicted molar refractivity (Wildman–Crippen MR) is 85.6 cm³/mol. The molecule has 0 amide bonds. The van der Waals surface area contributed by atoms with Crippen LogP contribution >= 0.6 is 15.9 Å². The second-order valence-electron chi connectivity index (χ2n) is 4.86. The molecule has 0 spiro atoms. The molecule has 110 valence electrons. The van der Waals surface area contributed by atoms with E-state index in [0.29, 0.717) is 4.90 Å². The van der Waals surface area contributed by atoms with Crippen LogP contribution < -0.4 is 10.1 Å². The zero-order chi connectivity index (χ0) is 15.0. The molecule has 1 heterocycles. The molecule has 1 unspecified atom stereocenters. The minimum atomic E-state index is -3.21. The first-order valence-corrected chi connectivity index (χ1v) is 8.87. The normalized spacial score (nSPS) is 19.0. The lowest BCUT2D eigenvalue weighted by Gasteiger charge is -2.16. The van der Waals surface area contributed by atoms with E-state index in [1.807, 2.05) is 30.3 Å². The van der Waals surface area contributed by atoms with E-state index in [-0.39, 0.29) is 11.8 Å². The molecule has 0 radical (unpaired) electrons. The lowest BCUT2D eigenvalue weighted by molar-refractivity contribution is 0.415. The van der Waals surface area contributed by atoms with E-state index in [9.17, 15) is 8.42 Å². The molecule has 1 N–H and O–H groups in total. The Hall–Kier alpha value is -1.53. The lowest BCUT2D eigenvalue weighted by Crippen LogP contribution is -2.13. The van der Waals surface area contributed by atoms with Gasteiger partial charge in [0, 0.05) is 10.5 Å². The van der Waals surface area contributed by atoms with Crippen LogP contribution in [0.4, 0.5) is 5.69 Å². The third-order valence-electron chi connectivity index (χ3n) is 3.52. The Kier molecular flexibility index (Phi) is 3.67. The third-order valence-corrected chi connectivity index (χ3v) is 6.02. The van der Waals surface area contributed by atoms with E-state index < -0.39 is 9.84 Å². The highest BCUT2D eigenvalue weighted by Gasteiger charge is 2.34. The van der Waals surface area contributed by atoms with Crippen molar-refractivity contribution in [1.82, 2.24) is 0 Å². The highest BCUT2D eigenvalue weighted by Crippen LogP contribution is 2.37. The maximum absolute atomic E-state index is 12.2. The third kappa shape index (κ3) is 2.65. The topological polar surface area (TPSA) is 55.4 Å². The molecular weight excluding hydrogens is 354 g/mol. The van der Waals surface area contributed by atoms with Gasteiger partial charge in [-0.2, -0.15) is 0 Å². The number of anilines is 1. The van der Waals surface area contributed by atoms with Crippen LogP contribution in [0.1, 0.15) is 11.6 Å². The smallest absolute Gasteiger partial charge is 0.181 e. The first-order valence-electron chi connectivity index (χ1n) is 6.43. The molecule has 1 aliphatic heterocycles. The number of rotatable bonds is 3. The van der Waals surface area contributed by atoms with Crippen LogP contribution in [0, 0.1) is 0 Å². The Morgan fingerprint density at radius 2 is 2.00 bits per heavy atom. The Bertz CT molecular complexity index is 789. The predicted octanol–water partition coefficient (Wildman–Crippen LogP) is 3.40. The number of methoxy groups -OCH3 is 1. The van der Waals surface area contributed by atoms with Crippen LogP contribution in [0.3, 0.4) is 0 Å². The van der Waals surface area contributed by atoms with Crippen LogP contribution in [-0.2, 0) is 9.84 Å². The number of hydrogen-bond donors (Lipinski definition) is 1. The first-order chi connectivity index (χ1) is 10.0. The summed E-state index contributed by atoms with van der Waals surface area (Å²) in [5.74, 6) is 0.783. The highest BCUT2D eigenvalue weighted by atomic mass is 79.9. The van der Waals surface area contributed by atoms with Crippen LogP contribution in [0.25, 0.3) is 0 Å². The summed E-state index contributed by atoms with van der Waals surface area (Å²) in [6.07, 6.45) is 0. The molecular formula is C15H14BrNO3S. The molecule has 2 aromatic carbocycles. The average molecular weight is 368 g/mol.